The highest BCUT2D eigenvalue weighted by Gasteiger charge is 2.25. The second kappa shape index (κ2) is 6.66. The van der Waals surface area contributed by atoms with E-state index in [1.807, 2.05) is 30.3 Å². The van der Waals surface area contributed by atoms with Gasteiger partial charge in [-0.2, -0.15) is 4.68 Å². The molecule has 1 heterocycles. The highest BCUT2D eigenvalue weighted by Crippen LogP contribution is 2.24. The number of esters is 1. The van der Waals surface area contributed by atoms with Gasteiger partial charge in [0, 0.05) is 24.4 Å². The van der Waals surface area contributed by atoms with Gasteiger partial charge in [-0.3, -0.25) is 9.69 Å². The van der Waals surface area contributed by atoms with Crippen LogP contribution in [0.2, 0.25) is 0 Å². The van der Waals surface area contributed by atoms with Gasteiger partial charge in [0.15, 0.2) is 0 Å². The van der Waals surface area contributed by atoms with Gasteiger partial charge < -0.3 is 14.9 Å². The Balaban J connectivity index is 2.35. The highest BCUT2D eigenvalue weighted by molar-refractivity contribution is 5.71. The molecule has 1 aromatic carbocycles. The number of aromatic nitrogens is 3. The Morgan fingerprint density at radius 1 is 1.41 bits per heavy atom. The number of carbonyl (C=O) groups excluding carboxylic acids is 1. The Kier molecular flexibility index (Phi) is 4.66. The number of benzene rings is 1. The van der Waals surface area contributed by atoms with Crippen LogP contribution in [0.5, 0.6) is 0 Å². The Hall–Kier alpha value is -2.97. The van der Waals surface area contributed by atoms with Crippen LogP contribution in [0.25, 0.3) is 0 Å². The molecule has 22 heavy (non-hydrogen) atoms. The number of rotatable bonds is 6. The number of para-hydroxylation sites is 1. The van der Waals surface area contributed by atoms with Crippen molar-refractivity contribution in [2.75, 3.05) is 18.6 Å². The molecule has 0 amide bonds. The van der Waals surface area contributed by atoms with Gasteiger partial charge in [-0.15, -0.1) is 0 Å². The van der Waals surface area contributed by atoms with E-state index in [9.17, 15) is 14.9 Å². The summed E-state index contributed by atoms with van der Waals surface area (Å²) in [5.41, 5.74) is 0.747. The molecule has 0 bridgehead atoms. The van der Waals surface area contributed by atoms with Crippen LogP contribution in [0, 0.1) is 10.1 Å². The molecule has 2 aromatic rings. The number of ether oxygens (including phenoxy) is 1. The molecule has 0 atom stereocenters. The second-order valence-electron chi connectivity index (χ2n) is 4.41. The first-order valence-corrected chi connectivity index (χ1v) is 6.47. The Morgan fingerprint density at radius 2 is 2.09 bits per heavy atom. The summed E-state index contributed by atoms with van der Waals surface area (Å²) in [5.74, 6) is -0.587. The van der Waals surface area contributed by atoms with E-state index < -0.39 is 10.9 Å². The molecule has 0 saturated heterocycles. The number of hydrogen-bond donors (Lipinski definition) is 0. The average Bonchev–Trinajstić information content (AvgIpc) is 2.90. The van der Waals surface area contributed by atoms with Crippen LogP contribution in [0.4, 0.5) is 17.6 Å². The van der Waals surface area contributed by atoms with Crippen LogP contribution in [0.1, 0.15) is 6.42 Å². The van der Waals surface area contributed by atoms with Gasteiger partial charge in [0.1, 0.15) is 0 Å². The summed E-state index contributed by atoms with van der Waals surface area (Å²) in [6.45, 7) is 0.264. The van der Waals surface area contributed by atoms with Gasteiger partial charge >= 0.3 is 17.9 Å². The zero-order valence-corrected chi connectivity index (χ0v) is 12.2. The van der Waals surface area contributed by atoms with Gasteiger partial charge in [0.25, 0.3) is 0 Å². The monoisotopic (exact) mass is 305 g/mol. The minimum atomic E-state index is -0.660. The van der Waals surface area contributed by atoms with Gasteiger partial charge in [-0.25, -0.2) is 0 Å². The van der Waals surface area contributed by atoms with Gasteiger partial charge in [-0.1, -0.05) is 18.2 Å². The molecule has 9 nitrogen and oxygen atoms in total. The molecule has 0 fully saturated rings. The van der Waals surface area contributed by atoms with Gasteiger partial charge in [0.05, 0.1) is 13.5 Å². The van der Waals surface area contributed by atoms with Crippen molar-refractivity contribution in [1.82, 2.24) is 14.8 Å². The summed E-state index contributed by atoms with van der Waals surface area (Å²) < 4.78 is 5.94. The fourth-order valence-electron chi connectivity index (χ4n) is 1.93. The lowest BCUT2D eigenvalue weighted by molar-refractivity contribution is -0.394. The van der Waals surface area contributed by atoms with Crippen LogP contribution in [0.3, 0.4) is 0 Å². The molecule has 0 aliphatic rings. The number of carbonyl (C=O) groups is 1. The number of anilines is 2. The SMILES string of the molecule is COC(=O)CCN(c1ccccc1)c1nc([N+](=O)[O-])nn1C. The van der Waals surface area contributed by atoms with Crippen molar-refractivity contribution in [3.63, 3.8) is 0 Å². The Bertz CT molecular complexity index is 670. The van der Waals surface area contributed by atoms with Gasteiger partial charge in [0.2, 0.25) is 0 Å². The van der Waals surface area contributed by atoms with Gasteiger partial charge in [-0.05, 0) is 22.0 Å². The van der Waals surface area contributed by atoms with E-state index in [0.29, 0.717) is 0 Å². The van der Waals surface area contributed by atoms with Crippen molar-refractivity contribution in [1.29, 1.82) is 0 Å². The predicted molar refractivity (Wildman–Crippen MR) is 77.7 cm³/mol. The average molecular weight is 305 g/mol. The normalized spacial score (nSPS) is 10.3. The molecule has 0 aliphatic heterocycles. The van der Waals surface area contributed by atoms with Crippen molar-refractivity contribution in [2.45, 2.75) is 6.42 Å². The summed E-state index contributed by atoms with van der Waals surface area (Å²) in [4.78, 5) is 27.1. The highest BCUT2D eigenvalue weighted by atomic mass is 16.6. The number of nitrogens with zero attached hydrogens (tertiary/aromatic N) is 5. The van der Waals surface area contributed by atoms with Crippen LogP contribution in [-0.2, 0) is 16.6 Å². The van der Waals surface area contributed by atoms with E-state index in [1.54, 1.807) is 11.9 Å². The van der Waals surface area contributed by atoms with Crippen molar-refractivity contribution >= 4 is 23.6 Å². The van der Waals surface area contributed by atoms with Crippen LogP contribution in [-0.4, -0.2) is 39.3 Å². The second-order valence-corrected chi connectivity index (χ2v) is 4.41. The third kappa shape index (κ3) is 3.37. The summed E-state index contributed by atoms with van der Waals surface area (Å²) in [6, 6.07) is 9.13. The maximum atomic E-state index is 11.4. The minimum Gasteiger partial charge on any atom is -0.469 e. The summed E-state index contributed by atoms with van der Waals surface area (Å²) in [5, 5.41) is 14.6. The fraction of sp³-hybridized carbons (Fsp3) is 0.308. The standard InChI is InChI=1S/C13H15N5O4/c1-16-13(14-12(15-16)18(20)21)17(9-8-11(19)22-2)10-6-4-3-5-7-10/h3-7H,8-9H2,1-2H3. The summed E-state index contributed by atoms with van der Waals surface area (Å²) in [6.07, 6.45) is 0.117. The van der Waals surface area contributed by atoms with E-state index in [1.165, 1.54) is 11.8 Å². The lowest BCUT2D eigenvalue weighted by Gasteiger charge is -2.19. The lowest BCUT2D eigenvalue weighted by atomic mass is 10.3. The number of methoxy groups -OCH3 is 1. The molecule has 1 aromatic heterocycles. The molecule has 0 radical (unpaired) electrons. The quantitative estimate of drug-likeness (QED) is 0.451. The van der Waals surface area contributed by atoms with Crippen LogP contribution >= 0.6 is 0 Å². The zero-order valence-electron chi connectivity index (χ0n) is 12.2. The third-order valence-corrected chi connectivity index (χ3v) is 2.97. The van der Waals surface area contributed by atoms with E-state index in [4.69, 9.17) is 0 Å². The Morgan fingerprint density at radius 3 is 2.64 bits per heavy atom. The van der Waals surface area contributed by atoms with E-state index >= 15 is 0 Å². The summed E-state index contributed by atoms with van der Waals surface area (Å²) in [7, 11) is 2.87. The predicted octanol–water partition coefficient (Wildman–Crippen LogP) is 1.42. The third-order valence-electron chi connectivity index (χ3n) is 2.97. The molecule has 2 rings (SSSR count). The van der Waals surface area contributed by atoms with E-state index in [2.05, 4.69) is 14.8 Å². The molecule has 0 aliphatic carbocycles. The van der Waals surface area contributed by atoms with E-state index in [-0.39, 0.29) is 24.9 Å². The fourth-order valence-corrected chi connectivity index (χ4v) is 1.93. The first-order chi connectivity index (χ1) is 10.5. The number of nitro groups is 1. The molecule has 0 unspecified atom stereocenters. The molecule has 0 saturated carbocycles. The molecule has 0 N–H and O–H groups in total. The largest absolute Gasteiger partial charge is 0.493 e. The lowest BCUT2D eigenvalue weighted by Crippen LogP contribution is -2.24. The van der Waals surface area contributed by atoms with Crippen molar-refractivity contribution in [3.05, 3.63) is 40.4 Å². The zero-order chi connectivity index (χ0) is 16.1. The summed E-state index contributed by atoms with van der Waals surface area (Å²) >= 11 is 0. The van der Waals surface area contributed by atoms with Crippen molar-refractivity contribution in [2.24, 2.45) is 7.05 Å². The number of aryl methyl sites for hydroxylation is 1. The molecule has 0 spiro atoms. The molecular formula is C13H15N5O4. The molecule has 9 heteroatoms. The first kappa shape index (κ1) is 15.4. The first-order valence-electron chi connectivity index (χ1n) is 6.47. The molecule has 116 valence electrons. The Labute approximate surface area is 126 Å². The smallest absolute Gasteiger partial charge is 0.469 e. The maximum Gasteiger partial charge on any atom is 0.493 e. The molecular weight excluding hydrogens is 290 g/mol. The topological polar surface area (TPSA) is 103 Å². The van der Waals surface area contributed by atoms with Crippen LogP contribution < -0.4 is 4.90 Å². The van der Waals surface area contributed by atoms with Crippen LogP contribution in [0.15, 0.2) is 30.3 Å². The maximum absolute atomic E-state index is 11.4. The van der Waals surface area contributed by atoms with Crippen molar-refractivity contribution < 1.29 is 14.5 Å². The number of hydrogen-bond acceptors (Lipinski definition) is 7. The minimum absolute atomic E-state index is 0.117. The van der Waals surface area contributed by atoms with Crippen molar-refractivity contribution in [3.8, 4) is 0 Å². The van der Waals surface area contributed by atoms with E-state index in [0.717, 1.165) is 5.69 Å².